The summed E-state index contributed by atoms with van der Waals surface area (Å²) in [4.78, 5) is 28.7. The standard InChI is InChI=1S/C58H83ClF2N8O6S2/c1-36(2)53(55(62)57(70)66-51-10-4-3-7-39(51)19-23-49-32-64-47-8-5-25-76(72,73)68(49)34-47)41-15-11-37(12-16-41)27-38-13-14-40(20-24-50-33-65-48-9-6-26-77(74,75)69(50)35-48)52(28-38)67-58(71)56(63)54(42-17-21-44(59)22-18-42)43-29-45(60)31-46(61)30-43/h11-12,15-18,21-22,29-31,36,38-40,47-56,64-65H,3-10,13-14,19-20,23-28,32-35,62-63H2,1-2H3,(H,66,70)(H,67,71)/t38?,39-,40-,47-,48-,49+,50+,51+,52+,53-,54+,55+,56+/m1/s1. The lowest BCUT2D eigenvalue weighted by Crippen LogP contribution is -2.57. The molecule has 9 rings (SSSR count). The van der Waals surface area contributed by atoms with Crippen LogP contribution in [0.25, 0.3) is 0 Å². The third-order valence-corrected chi connectivity index (χ3v) is 22.5. The molecular weight excluding hydrogens is 1040 g/mol. The predicted octanol–water partition coefficient (Wildman–Crippen LogP) is 7.06. The number of hydrogen-bond acceptors (Lipinski definition) is 10. The lowest BCUT2D eigenvalue weighted by atomic mass is 9.73. The van der Waals surface area contributed by atoms with E-state index in [1.54, 1.807) is 32.9 Å². The van der Waals surface area contributed by atoms with Crippen LogP contribution in [0.15, 0.2) is 66.7 Å². The van der Waals surface area contributed by atoms with Crippen LogP contribution in [0.5, 0.6) is 0 Å². The Bertz CT molecular complexity index is 2710. The van der Waals surface area contributed by atoms with Crippen molar-refractivity contribution in [3.63, 3.8) is 0 Å². The van der Waals surface area contributed by atoms with Crippen molar-refractivity contribution in [2.45, 2.75) is 177 Å². The van der Waals surface area contributed by atoms with Crippen molar-refractivity contribution in [1.82, 2.24) is 29.9 Å². The molecule has 6 fully saturated rings. The van der Waals surface area contributed by atoms with E-state index in [2.05, 4.69) is 59.4 Å². The van der Waals surface area contributed by atoms with Gasteiger partial charge in [0.05, 0.1) is 23.6 Å². The molecule has 2 saturated carbocycles. The number of sulfonamides is 2. The Morgan fingerprint density at radius 1 is 0.649 bits per heavy atom. The molecule has 4 aliphatic heterocycles. The monoisotopic (exact) mass is 1120 g/mol. The van der Waals surface area contributed by atoms with Crippen molar-refractivity contribution >= 4 is 43.5 Å². The topological polar surface area (TPSA) is 209 Å². The van der Waals surface area contributed by atoms with Gasteiger partial charge < -0.3 is 32.7 Å². The number of halogens is 3. The van der Waals surface area contributed by atoms with Crippen molar-refractivity contribution in [2.75, 3.05) is 37.7 Å². The number of carbonyl (C=O) groups is 2. The molecule has 4 heterocycles. The van der Waals surface area contributed by atoms with Crippen LogP contribution in [-0.4, -0.2) is 123 Å². The lowest BCUT2D eigenvalue weighted by molar-refractivity contribution is -0.125. The van der Waals surface area contributed by atoms with E-state index < -0.39 is 55.6 Å². The van der Waals surface area contributed by atoms with Gasteiger partial charge in [0.15, 0.2) is 0 Å². The highest BCUT2D eigenvalue weighted by atomic mass is 35.5. The average Bonchev–Trinajstić information content (AvgIpc) is 3.60. The van der Waals surface area contributed by atoms with Crippen molar-refractivity contribution in [1.29, 1.82) is 0 Å². The van der Waals surface area contributed by atoms with Crippen LogP contribution in [0.2, 0.25) is 5.02 Å². The predicted molar refractivity (Wildman–Crippen MR) is 299 cm³/mol. The molecule has 2 aliphatic carbocycles. The number of piperazine rings is 2. The first-order valence-electron chi connectivity index (χ1n) is 28.7. The molecule has 4 saturated heterocycles. The highest BCUT2D eigenvalue weighted by molar-refractivity contribution is 7.89. The molecule has 3 aromatic carbocycles. The van der Waals surface area contributed by atoms with E-state index >= 15 is 0 Å². The van der Waals surface area contributed by atoms with Gasteiger partial charge in [0.25, 0.3) is 0 Å². The number of nitrogens with two attached hydrogens (primary N) is 2. The second-order valence-corrected chi connectivity index (χ2v) is 28.5. The lowest BCUT2D eigenvalue weighted by Gasteiger charge is -2.41. The number of amides is 2. The van der Waals surface area contributed by atoms with E-state index in [9.17, 15) is 35.2 Å². The van der Waals surface area contributed by atoms with Crippen molar-refractivity contribution in [2.24, 2.45) is 35.1 Å². The van der Waals surface area contributed by atoms with Gasteiger partial charge in [0, 0.05) is 85.4 Å². The molecule has 0 spiro atoms. The molecular formula is C58H83ClF2N8O6S2. The molecule has 0 radical (unpaired) electrons. The number of nitrogens with zero attached hydrogens (tertiary/aromatic N) is 2. The first-order valence-corrected chi connectivity index (χ1v) is 32.3. The molecule has 4 bridgehead atoms. The van der Waals surface area contributed by atoms with Crippen molar-refractivity contribution < 1.29 is 35.2 Å². The Morgan fingerprint density at radius 3 is 1.77 bits per heavy atom. The molecule has 15 atom stereocenters. The average molecular weight is 1130 g/mol. The first kappa shape index (κ1) is 58.1. The maximum absolute atomic E-state index is 14.8. The molecule has 0 aromatic heterocycles. The zero-order valence-corrected chi connectivity index (χ0v) is 47.3. The van der Waals surface area contributed by atoms with Gasteiger partial charge in [-0.05, 0) is 160 Å². The second-order valence-electron chi connectivity index (χ2n) is 23.9. The van der Waals surface area contributed by atoms with Gasteiger partial charge in [-0.15, -0.1) is 0 Å². The number of rotatable bonds is 18. The summed E-state index contributed by atoms with van der Waals surface area (Å²) in [6.45, 7) is 6.43. The number of benzene rings is 3. The van der Waals surface area contributed by atoms with Crippen LogP contribution in [0.3, 0.4) is 0 Å². The van der Waals surface area contributed by atoms with Crippen LogP contribution in [0, 0.1) is 35.3 Å². The zero-order chi connectivity index (χ0) is 54.6. The van der Waals surface area contributed by atoms with Crippen molar-refractivity contribution in [3.8, 4) is 0 Å². The number of hydrogen-bond donors (Lipinski definition) is 6. The SMILES string of the molecule is CC(C)[C@H](c1ccc(CC2CC[C@H](CC[C@H]3CN[C@@H]4CCCS(=O)(=O)N3C4)[C@@H](NC(=O)[C@@H](N)[C@@H](c3ccc(Cl)cc3)c3cc(F)cc(F)c3)C2)cc1)[C@H](N)C(=O)N[C@H]1CCCC[C@@H]1CC[C@H]1CN[C@@H]2CCCS(=O)(=O)N1C2. The molecule has 14 nitrogen and oxygen atoms in total. The minimum absolute atomic E-state index is 0.0210. The van der Waals surface area contributed by atoms with E-state index in [0.29, 0.717) is 68.9 Å². The molecule has 77 heavy (non-hydrogen) atoms. The fourth-order valence-electron chi connectivity index (χ4n) is 14.2. The Balaban J connectivity index is 0.865. The van der Waals surface area contributed by atoms with Crippen molar-refractivity contribution in [3.05, 3.63) is 106 Å². The Labute approximate surface area is 461 Å². The number of fused-ring (bicyclic) bond motifs is 4. The Kier molecular flexibility index (Phi) is 19.2. The van der Waals surface area contributed by atoms with Gasteiger partial charge in [-0.1, -0.05) is 74.7 Å². The second kappa shape index (κ2) is 25.5. The summed E-state index contributed by atoms with van der Waals surface area (Å²) in [5.41, 5.74) is 16.7. The largest absolute Gasteiger partial charge is 0.352 e. The molecule has 2 amide bonds. The maximum Gasteiger partial charge on any atom is 0.238 e. The molecule has 424 valence electrons. The Hall–Kier alpha value is -3.59. The van der Waals surface area contributed by atoms with Crippen LogP contribution in [0.4, 0.5) is 8.78 Å². The summed E-state index contributed by atoms with van der Waals surface area (Å²) in [6.07, 6.45) is 13.0. The van der Waals surface area contributed by atoms with E-state index in [1.165, 1.54) is 12.1 Å². The van der Waals surface area contributed by atoms with E-state index in [-0.39, 0.29) is 88.8 Å². The third-order valence-electron chi connectivity index (χ3n) is 18.4. The molecule has 8 N–H and O–H groups in total. The minimum atomic E-state index is -3.39. The van der Waals surface area contributed by atoms with Crippen LogP contribution in [0.1, 0.15) is 144 Å². The summed E-state index contributed by atoms with van der Waals surface area (Å²) in [5, 5.41) is 14.3. The smallest absolute Gasteiger partial charge is 0.238 e. The number of nitrogens with one attached hydrogen (secondary N) is 4. The molecule has 19 heteroatoms. The summed E-state index contributed by atoms with van der Waals surface area (Å²) < 4.78 is 86.1. The highest BCUT2D eigenvalue weighted by Gasteiger charge is 2.42. The van der Waals surface area contributed by atoms with Gasteiger partial charge in [-0.2, -0.15) is 8.61 Å². The molecule has 6 aliphatic rings. The van der Waals surface area contributed by atoms with Gasteiger partial charge in [0.2, 0.25) is 31.9 Å². The first-order chi connectivity index (χ1) is 36.8. The fraction of sp³-hybridized carbons (Fsp3) is 0.655. The quantitative estimate of drug-likeness (QED) is 0.0765. The van der Waals surface area contributed by atoms with Gasteiger partial charge in [-0.3, -0.25) is 9.59 Å². The molecule has 3 aromatic rings. The maximum atomic E-state index is 14.8. The Morgan fingerprint density at radius 2 is 1.18 bits per heavy atom. The third kappa shape index (κ3) is 14.3. The van der Waals surface area contributed by atoms with Gasteiger partial charge in [0.1, 0.15) is 11.6 Å². The van der Waals surface area contributed by atoms with Gasteiger partial charge >= 0.3 is 0 Å². The van der Waals surface area contributed by atoms with Gasteiger partial charge in [-0.25, -0.2) is 25.6 Å². The normalized spacial score (nSPS) is 31.7. The summed E-state index contributed by atoms with van der Waals surface area (Å²) in [7, 11) is -6.67. The summed E-state index contributed by atoms with van der Waals surface area (Å²) >= 11 is 6.24. The summed E-state index contributed by atoms with van der Waals surface area (Å²) in [6, 6.07) is 16.1. The highest BCUT2D eigenvalue weighted by Crippen LogP contribution is 2.38. The van der Waals surface area contributed by atoms with E-state index in [0.717, 1.165) is 87.8 Å². The zero-order valence-electron chi connectivity index (χ0n) is 44.9. The minimum Gasteiger partial charge on any atom is -0.352 e. The van der Waals surface area contributed by atoms with E-state index in [1.807, 2.05) is 0 Å². The number of carbonyl (C=O) groups excluding carboxylic acids is 2. The fourth-order valence-corrected chi connectivity index (χ4v) is 17.9. The van der Waals surface area contributed by atoms with Crippen LogP contribution < -0.4 is 32.7 Å². The van der Waals surface area contributed by atoms with E-state index in [4.69, 9.17) is 23.1 Å². The molecule has 3 unspecified atom stereocenters. The van der Waals surface area contributed by atoms with Crippen LogP contribution >= 0.6 is 11.6 Å². The summed E-state index contributed by atoms with van der Waals surface area (Å²) in [5.74, 6) is -2.42. The van der Waals surface area contributed by atoms with Crippen LogP contribution in [-0.2, 0) is 36.1 Å².